The van der Waals surface area contributed by atoms with Gasteiger partial charge >= 0.3 is 0 Å². The molecule has 140 valence electrons. The Morgan fingerprint density at radius 2 is 1.77 bits per heavy atom. The van der Waals surface area contributed by atoms with Crippen molar-refractivity contribution in [2.75, 3.05) is 18.5 Å². The predicted molar refractivity (Wildman–Crippen MR) is 103 cm³/mol. The fourth-order valence-corrected chi connectivity index (χ4v) is 5.14. The van der Waals surface area contributed by atoms with Crippen molar-refractivity contribution >= 4 is 40.7 Å². The highest BCUT2D eigenvalue weighted by molar-refractivity contribution is 6.35. The summed E-state index contributed by atoms with van der Waals surface area (Å²) in [6.45, 7) is 0.385. The fourth-order valence-electron chi connectivity index (χ4n) is 4.63. The van der Waals surface area contributed by atoms with Crippen LogP contribution in [0.5, 0.6) is 0 Å². The number of hydrogen-bond acceptors (Lipinski definition) is 3. The highest BCUT2D eigenvalue weighted by Crippen LogP contribution is 2.33. The number of hydrogen-bond donors (Lipinski definition) is 1. The van der Waals surface area contributed by atoms with Crippen LogP contribution in [0.3, 0.4) is 0 Å². The minimum Gasteiger partial charge on any atom is -0.342 e. The zero-order valence-corrected chi connectivity index (χ0v) is 16.3. The number of amides is 2. The number of piperidine rings is 1. The first kappa shape index (κ1) is 18.1. The molecule has 1 aromatic rings. The van der Waals surface area contributed by atoms with Gasteiger partial charge in [-0.3, -0.25) is 9.59 Å². The van der Waals surface area contributed by atoms with E-state index in [0.29, 0.717) is 34.4 Å². The van der Waals surface area contributed by atoms with E-state index in [0.717, 1.165) is 12.8 Å². The van der Waals surface area contributed by atoms with Crippen molar-refractivity contribution in [1.29, 1.82) is 0 Å². The normalized spacial score (nSPS) is 30.7. The van der Waals surface area contributed by atoms with Crippen LogP contribution in [0.25, 0.3) is 0 Å². The van der Waals surface area contributed by atoms with Crippen LogP contribution in [0.15, 0.2) is 18.2 Å². The third-order valence-electron chi connectivity index (χ3n) is 5.98. The van der Waals surface area contributed by atoms with Gasteiger partial charge in [-0.2, -0.15) is 0 Å². The molecule has 7 heteroatoms. The Balaban J connectivity index is 1.45. The molecule has 1 N–H and O–H groups in total. The topological polar surface area (TPSA) is 52.7 Å². The van der Waals surface area contributed by atoms with Crippen molar-refractivity contribution in [2.45, 2.75) is 50.2 Å². The molecule has 0 radical (unpaired) electrons. The van der Waals surface area contributed by atoms with E-state index in [-0.39, 0.29) is 30.2 Å². The molecule has 0 aromatic heterocycles. The number of halogens is 2. The number of carbonyl (C=O) groups excluding carboxylic acids is 2. The van der Waals surface area contributed by atoms with Gasteiger partial charge in [-0.05, 0) is 43.9 Å². The van der Waals surface area contributed by atoms with E-state index in [9.17, 15) is 9.59 Å². The minimum atomic E-state index is -0.308. The Hall–Kier alpha value is -1.30. The SMILES string of the molecule is CN(C(=O)C1CC(=O)N(c2cc(Cl)cc(Cl)c2)C1)C1CC2CCC(C1)N2. The first-order chi connectivity index (χ1) is 12.4. The molecular weight excluding hydrogens is 373 g/mol. The quantitative estimate of drug-likeness (QED) is 0.855. The molecule has 3 heterocycles. The van der Waals surface area contributed by atoms with E-state index in [2.05, 4.69) is 5.32 Å². The summed E-state index contributed by atoms with van der Waals surface area (Å²) in [5.74, 6) is -0.293. The summed E-state index contributed by atoms with van der Waals surface area (Å²) in [4.78, 5) is 29.0. The van der Waals surface area contributed by atoms with Gasteiger partial charge in [0.2, 0.25) is 11.8 Å². The van der Waals surface area contributed by atoms with Gasteiger partial charge in [0.05, 0.1) is 5.92 Å². The van der Waals surface area contributed by atoms with E-state index in [1.165, 1.54) is 12.8 Å². The van der Waals surface area contributed by atoms with Crippen LogP contribution in [0, 0.1) is 5.92 Å². The maximum atomic E-state index is 13.0. The Labute approximate surface area is 163 Å². The molecule has 26 heavy (non-hydrogen) atoms. The maximum Gasteiger partial charge on any atom is 0.228 e. The zero-order chi connectivity index (χ0) is 18.4. The lowest BCUT2D eigenvalue weighted by molar-refractivity contribution is -0.137. The van der Waals surface area contributed by atoms with Crippen molar-refractivity contribution in [3.63, 3.8) is 0 Å². The van der Waals surface area contributed by atoms with Crippen LogP contribution in [-0.2, 0) is 9.59 Å². The van der Waals surface area contributed by atoms with Gasteiger partial charge in [0.15, 0.2) is 0 Å². The molecule has 3 atom stereocenters. The number of nitrogens with one attached hydrogen (secondary N) is 1. The lowest BCUT2D eigenvalue weighted by Crippen LogP contribution is -2.50. The molecule has 3 saturated heterocycles. The third-order valence-corrected chi connectivity index (χ3v) is 6.41. The lowest BCUT2D eigenvalue weighted by atomic mass is 9.97. The molecule has 0 saturated carbocycles. The van der Waals surface area contributed by atoms with Crippen molar-refractivity contribution in [1.82, 2.24) is 10.2 Å². The average Bonchev–Trinajstić information content (AvgIpc) is 3.14. The van der Waals surface area contributed by atoms with Crippen LogP contribution in [0.2, 0.25) is 10.0 Å². The zero-order valence-electron chi connectivity index (χ0n) is 14.8. The van der Waals surface area contributed by atoms with Crippen LogP contribution >= 0.6 is 23.2 Å². The summed E-state index contributed by atoms with van der Waals surface area (Å²) in [5.41, 5.74) is 0.658. The summed E-state index contributed by atoms with van der Waals surface area (Å²) >= 11 is 12.1. The van der Waals surface area contributed by atoms with E-state index < -0.39 is 0 Å². The molecule has 5 nitrogen and oxygen atoms in total. The Bertz CT molecular complexity index is 709. The summed E-state index contributed by atoms with van der Waals surface area (Å²) in [7, 11) is 1.89. The third kappa shape index (κ3) is 3.45. The smallest absolute Gasteiger partial charge is 0.228 e. The van der Waals surface area contributed by atoms with Crippen LogP contribution < -0.4 is 10.2 Å². The number of rotatable bonds is 3. The Morgan fingerprint density at radius 1 is 1.15 bits per heavy atom. The van der Waals surface area contributed by atoms with Crippen LogP contribution in [-0.4, -0.2) is 48.4 Å². The number of carbonyl (C=O) groups is 2. The van der Waals surface area contributed by atoms with Gasteiger partial charge < -0.3 is 15.1 Å². The van der Waals surface area contributed by atoms with Gasteiger partial charge in [0.1, 0.15) is 0 Å². The summed E-state index contributed by atoms with van der Waals surface area (Å²) in [5, 5.41) is 4.57. The lowest BCUT2D eigenvalue weighted by Gasteiger charge is -2.36. The molecule has 1 aromatic carbocycles. The summed E-state index contributed by atoms with van der Waals surface area (Å²) < 4.78 is 0. The highest BCUT2D eigenvalue weighted by atomic mass is 35.5. The monoisotopic (exact) mass is 395 g/mol. The fraction of sp³-hybridized carbons (Fsp3) is 0.579. The number of nitrogens with zero attached hydrogens (tertiary/aromatic N) is 2. The van der Waals surface area contributed by atoms with Gasteiger partial charge in [-0.25, -0.2) is 0 Å². The number of anilines is 1. The summed E-state index contributed by atoms with van der Waals surface area (Å²) in [6.07, 6.45) is 4.66. The van der Waals surface area contributed by atoms with E-state index in [4.69, 9.17) is 23.2 Å². The molecule has 3 aliphatic heterocycles. The first-order valence-electron chi connectivity index (χ1n) is 9.20. The second-order valence-corrected chi connectivity index (χ2v) is 8.62. The average molecular weight is 396 g/mol. The van der Waals surface area contributed by atoms with E-state index in [1.54, 1.807) is 23.1 Å². The van der Waals surface area contributed by atoms with Gasteiger partial charge in [0.25, 0.3) is 0 Å². The molecule has 2 bridgehead atoms. The van der Waals surface area contributed by atoms with Crippen LogP contribution in [0.4, 0.5) is 5.69 Å². The molecular formula is C19H23Cl2N3O2. The minimum absolute atomic E-state index is 0.0551. The van der Waals surface area contributed by atoms with Crippen molar-refractivity contribution in [3.05, 3.63) is 28.2 Å². The highest BCUT2D eigenvalue weighted by Gasteiger charge is 2.41. The van der Waals surface area contributed by atoms with Gasteiger partial charge in [-0.1, -0.05) is 23.2 Å². The van der Waals surface area contributed by atoms with Crippen molar-refractivity contribution in [2.24, 2.45) is 5.92 Å². The first-order valence-corrected chi connectivity index (χ1v) is 9.95. The van der Waals surface area contributed by atoms with Crippen LogP contribution in [0.1, 0.15) is 32.1 Å². The van der Waals surface area contributed by atoms with Gasteiger partial charge in [-0.15, -0.1) is 0 Å². The molecule has 3 aliphatic rings. The molecule has 4 rings (SSSR count). The predicted octanol–water partition coefficient (Wildman–Crippen LogP) is 3.09. The molecule has 0 aliphatic carbocycles. The van der Waals surface area contributed by atoms with Gasteiger partial charge in [0, 0.05) is 53.9 Å². The second-order valence-electron chi connectivity index (χ2n) is 7.75. The summed E-state index contributed by atoms with van der Waals surface area (Å²) in [6, 6.07) is 6.40. The molecule has 3 unspecified atom stereocenters. The second kappa shape index (κ2) is 7.02. The Kier molecular flexibility index (Phi) is 4.88. The standard InChI is InChI=1S/C19H23Cl2N3O2/c1-23(16-8-14-2-3-15(9-16)22-14)19(26)11-4-18(25)24(10-11)17-6-12(20)5-13(21)7-17/h5-7,11,14-16,22H,2-4,8-10H2,1H3. The molecule has 2 amide bonds. The van der Waals surface area contributed by atoms with Crippen molar-refractivity contribution < 1.29 is 9.59 Å². The van der Waals surface area contributed by atoms with E-state index >= 15 is 0 Å². The Morgan fingerprint density at radius 3 is 2.38 bits per heavy atom. The molecule has 0 spiro atoms. The number of benzene rings is 1. The molecule has 3 fully saturated rings. The van der Waals surface area contributed by atoms with Crippen molar-refractivity contribution in [3.8, 4) is 0 Å². The largest absolute Gasteiger partial charge is 0.342 e. The maximum absolute atomic E-state index is 13.0. The number of fused-ring (bicyclic) bond motifs is 2. The van der Waals surface area contributed by atoms with E-state index in [1.807, 2.05) is 11.9 Å².